The van der Waals surface area contributed by atoms with Crippen molar-refractivity contribution in [1.82, 2.24) is 9.97 Å². The number of Topliss-reactive ketones (excluding diaryl/α,β-unsaturated/α-hetero) is 1. The standard InChI is InChI=1S/C24H17F3N2O4/c25-13-8-12(9-14(26)10-13)22(32)20(24-28-17-6-1-2-7-18(17)29-24)23(33)16-5-3-4-15(21(16)27)19(31)11-30/h1-10,19,30-32H,11H2,(H,28,29). The number of benzene rings is 3. The molecule has 0 aliphatic heterocycles. The number of halogens is 3. The lowest BCUT2D eigenvalue weighted by atomic mass is 9.95. The third-order valence-electron chi connectivity index (χ3n) is 5.03. The first-order chi connectivity index (χ1) is 15.8. The number of aromatic amines is 1. The van der Waals surface area contributed by atoms with Gasteiger partial charge in [-0.2, -0.15) is 0 Å². The van der Waals surface area contributed by atoms with Gasteiger partial charge in [-0.1, -0.05) is 24.3 Å². The van der Waals surface area contributed by atoms with Crippen LogP contribution in [0.1, 0.15) is 33.4 Å². The molecule has 0 saturated carbocycles. The fourth-order valence-corrected chi connectivity index (χ4v) is 3.45. The van der Waals surface area contributed by atoms with Gasteiger partial charge >= 0.3 is 0 Å². The predicted molar refractivity (Wildman–Crippen MR) is 115 cm³/mol. The number of allylic oxidation sites excluding steroid dienone is 1. The van der Waals surface area contributed by atoms with Crippen LogP contribution in [0.2, 0.25) is 0 Å². The van der Waals surface area contributed by atoms with Crippen LogP contribution in [0, 0.1) is 17.5 Å². The van der Waals surface area contributed by atoms with Gasteiger partial charge in [0, 0.05) is 17.2 Å². The van der Waals surface area contributed by atoms with Crippen LogP contribution in [0.15, 0.2) is 60.7 Å². The number of fused-ring (bicyclic) bond motifs is 1. The molecule has 0 fully saturated rings. The maximum Gasteiger partial charge on any atom is 0.203 e. The number of ketones is 1. The number of nitrogens with one attached hydrogen (secondary N) is 1. The van der Waals surface area contributed by atoms with Gasteiger partial charge in [0.05, 0.1) is 23.2 Å². The van der Waals surface area contributed by atoms with Crippen LogP contribution in [-0.4, -0.2) is 37.7 Å². The molecule has 4 aromatic rings. The van der Waals surface area contributed by atoms with E-state index in [2.05, 4.69) is 9.97 Å². The molecule has 0 aliphatic rings. The highest BCUT2D eigenvalue weighted by Crippen LogP contribution is 2.31. The van der Waals surface area contributed by atoms with Crippen LogP contribution < -0.4 is 0 Å². The van der Waals surface area contributed by atoms with Crippen LogP contribution in [-0.2, 0) is 0 Å². The molecule has 0 amide bonds. The summed E-state index contributed by atoms with van der Waals surface area (Å²) >= 11 is 0. The minimum absolute atomic E-state index is 0.157. The molecule has 6 nitrogen and oxygen atoms in total. The van der Waals surface area contributed by atoms with E-state index >= 15 is 4.39 Å². The summed E-state index contributed by atoms with van der Waals surface area (Å²) in [4.78, 5) is 20.5. The number of imidazole rings is 1. The number of para-hydroxylation sites is 2. The Labute approximate surface area is 185 Å². The van der Waals surface area contributed by atoms with Crippen LogP contribution >= 0.6 is 0 Å². The van der Waals surface area contributed by atoms with Gasteiger partial charge in [-0.05, 0) is 30.3 Å². The highest BCUT2D eigenvalue weighted by atomic mass is 19.1. The van der Waals surface area contributed by atoms with Crippen molar-refractivity contribution in [3.63, 3.8) is 0 Å². The van der Waals surface area contributed by atoms with Crippen LogP contribution in [0.4, 0.5) is 13.2 Å². The third kappa shape index (κ3) is 4.23. The Kier molecular flexibility index (Phi) is 5.99. The first-order valence-corrected chi connectivity index (χ1v) is 9.77. The van der Waals surface area contributed by atoms with E-state index in [9.17, 15) is 23.8 Å². The van der Waals surface area contributed by atoms with E-state index < -0.39 is 52.8 Å². The molecule has 0 aliphatic carbocycles. The maximum atomic E-state index is 15.1. The number of aliphatic hydroxyl groups excluding tert-OH is 3. The van der Waals surface area contributed by atoms with Crippen molar-refractivity contribution in [2.45, 2.75) is 6.10 Å². The number of nitrogens with zero attached hydrogens (tertiary/aromatic N) is 1. The zero-order valence-corrected chi connectivity index (χ0v) is 16.9. The molecule has 168 valence electrons. The lowest BCUT2D eigenvalue weighted by Crippen LogP contribution is -2.13. The first kappa shape index (κ1) is 22.3. The number of H-pyrrole nitrogens is 1. The fourth-order valence-electron chi connectivity index (χ4n) is 3.45. The minimum atomic E-state index is -1.58. The minimum Gasteiger partial charge on any atom is -0.506 e. The van der Waals surface area contributed by atoms with E-state index in [1.54, 1.807) is 24.3 Å². The molecule has 4 rings (SSSR count). The number of aromatic nitrogens is 2. The summed E-state index contributed by atoms with van der Waals surface area (Å²) in [6, 6.07) is 12.5. The van der Waals surface area contributed by atoms with Crippen molar-refractivity contribution in [1.29, 1.82) is 0 Å². The van der Waals surface area contributed by atoms with E-state index in [0.717, 1.165) is 18.2 Å². The molecule has 1 aromatic heterocycles. The highest BCUT2D eigenvalue weighted by Gasteiger charge is 2.28. The Morgan fingerprint density at radius 3 is 2.36 bits per heavy atom. The molecule has 1 atom stereocenters. The lowest BCUT2D eigenvalue weighted by molar-refractivity contribution is 0.0920. The number of carbonyl (C=O) groups is 1. The van der Waals surface area contributed by atoms with Crippen molar-refractivity contribution in [3.05, 3.63) is 101 Å². The molecule has 9 heteroatoms. The Hall–Kier alpha value is -3.95. The van der Waals surface area contributed by atoms with E-state index in [0.29, 0.717) is 17.1 Å². The highest BCUT2D eigenvalue weighted by molar-refractivity contribution is 6.33. The molecule has 4 N–H and O–H groups in total. The Morgan fingerprint density at radius 1 is 1.00 bits per heavy atom. The zero-order valence-electron chi connectivity index (χ0n) is 16.9. The van der Waals surface area contributed by atoms with Gasteiger partial charge in [0.25, 0.3) is 0 Å². The van der Waals surface area contributed by atoms with Crippen molar-refractivity contribution in [2.24, 2.45) is 0 Å². The number of aliphatic hydroxyl groups is 3. The van der Waals surface area contributed by atoms with Crippen molar-refractivity contribution >= 4 is 28.1 Å². The van der Waals surface area contributed by atoms with E-state index in [4.69, 9.17) is 5.11 Å². The Morgan fingerprint density at radius 2 is 1.70 bits per heavy atom. The van der Waals surface area contributed by atoms with Crippen LogP contribution in [0.5, 0.6) is 0 Å². The van der Waals surface area contributed by atoms with Gasteiger partial charge in [-0.25, -0.2) is 18.2 Å². The van der Waals surface area contributed by atoms with Gasteiger partial charge in [0.1, 0.15) is 40.7 Å². The molecule has 0 radical (unpaired) electrons. The number of rotatable bonds is 6. The normalized spacial score (nSPS) is 13.1. The average Bonchev–Trinajstić information content (AvgIpc) is 3.21. The topological polar surface area (TPSA) is 106 Å². The second-order valence-corrected chi connectivity index (χ2v) is 7.22. The third-order valence-corrected chi connectivity index (χ3v) is 5.03. The monoisotopic (exact) mass is 454 g/mol. The molecule has 1 unspecified atom stereocenters. The Bertz CT molecular complexity index is 1340. The van der Waals surface area contributed by atoms with Crippen LogP contribution in [0.3, 0.4) is 0 Å². The van der Waals surface area contributed by atoms with Crippen LogP contribution in [0.25, 0.3) is 22.4 Å². The van der Waals surface area contributed by atoms with Gasteiger partial charge in [-0.3, -0.25) is 4.79 Å². The summed E-state index contributed by atoms with van der Waals surface area (Å²) in [5.41, 5.74) is -0.835. The number of carbonyl (C=O) groups excluding carboxylic acids is 1. The number of hydrogen-bond acceptors (Lipinski definition) is 5. The second-order valence-electron chi connectivity index (χ2n) is 7.22. The molecule has 33 heavy (non-hydrogen) atoms. The van der Waals surface area contributed by atoms with E-state index in [-0.39, 0.29) is 17.0 Å². The summed E-state index contributed by atoms with van der Waals surface area (Å²) in [6.07, 6.45) is -1.58. The SMILES string of the molecule is O=C(C(=C(O)c1cc(F)cc(F)c1)c1nc2ccccc2[nH]1)c1cccc(C(O)CO)c1F. The molecule has 0 saturated heterocycles. The largest absolute Gasteiger partial charge is 0.506 e. The summed E-state index contributed by atoms with van der Waals surface area (Å²) in [6.45, 7) is -0.783. The molecule has 1 heterocycles. The molecular weight excluding hydrogens is 437 g/mol. The summed E-state index contributed by atoms with van der Waals surface area (Å²) in [7, 11) is 0. The van der Waals surface area contributed by atoms with Gasteiger partial charge < -0.3 is 20.3 Å². The molecular formula is C24H17F3N2O4. The van der Waals surface area contributed by atoms with Gasteiger partial charge in [-0.15, -0.1) is 0 Å². The maximum absolute atomic E-state index is 15.1. The second kappa shape index (κ2) is 8.89. The summed E-state index contributed by atoms with van der Waals surface area (Å²) < 4.78 is 42.7. The van der Waals surface area contributed by atoms with Crippen molar-refractivity contribution in [2.75, 3.05) is 6.61 Å². The lowest BCUT2D eigenvalue weighted by Gasteiger charge is -2.13. The molecule has 0 bridgehead atoms. The average molecular weight is 454 g/mol. The van der Waals surface area contributed by atoms with Crippen molar-refractivity contribution in [3.8, 4) is 0 Å². The summed E-state index contributed by atoms with van der Waals surface area (Å²) in [5.74, 6) is -5.14. The quantitative estimate of drug-likeness (QED) is 0.197. The molecule has 0 spiro atoms. The van der Waals surface area contributed by atoms with Gasteiger partial charge in [0.15, 0.2) is 0 Å². The first-order valence-electron chi connectivity index (χ1n) is 9.77. The van der Waals surface area contributed by atoms with Gasteiger partial charge in [0.2, 0.25) is 5.78 Å². The zero-order chi connectivity index (χ0) is 23.7. The molecule has 3 aromatic carbocycles. The van der Waals surface area contributed by atoms with Crippen molar-refractivity contribution < 1.29 is 33.3 Å². The predicted octanol–water partition coefficient (Wildman–Crippen LogP) is 4.32. The smallest absolute Gasteiger partial charge is 0.203 e. The fraction of sp³-hybridized carbons (Fsp3) is 0.0833. The van der Waals surface area contributed by atoms with E-state index in [1.807, 2.05) is 0 Å². The summed E-state index contributed by atoms with van der Waals surface area (Å²) in [5, 5.41) is 29.9. The number of hydrogen-bond donors (Lipinski definition) is 4. The van der Waals surface area contributed by atoms with E-state index in [1.165, 1.54) is 12.1 Å². The Balaban J connectivity index is 1.96.